The monoisotopic (exact) mass is 201 g/mol. The molecule has 1 aromatic carbocycles. The molecule has 0 bridgehead atoms. The number of rotatable bonds is 0. The first-order valence-electron chi connectivity index (χ1n) is 5.49. The highest BCUT2D eigenvalue weighted by molar-refractivity contribution is 6.09. The van der Waals surface area contributed by atoms with Gasteiger partial charge in [0.05, 0.1) is 5.41 Å². The summed E-state index contributed by atoms with van der Waals surface area (Å²) in [6, 6.07) is 4.30. The molecule has 0 radical (unpaired) electrons. The Morgan fingerprint density at radius 2 is 2.07 bits per heavy atom. The second kappa shape index (κ2) is 2.43. The minimum Gasteiger partial charge on any atom is -0.325 e. The Bertz CT molecular complexity index is 478. The van der Waals surface area contributed by atoms with Gasteiger partial charge < -0.3 is 5.32 Å². The average Bonchev–Trinajstić information content (AvgIpc) is 2.74. The Morgan fingerprint density at radius 3 is 2.67 bits per heavy atom. The van der Waals surface area contributed by atoms with Crippen LogP contribution < -0.4 is 5.32 Å². The van der Waals surface area contributed by atoms with Crippen LogP contribution in [0.4, 0.5) is 5.69 Å². The van der Waals surface area contributed by atoms with Crippen LogP contribution in [0, 0.1) is 19.8 Å². The first-order chi connectivity index (χ1) is 7.05. The second-order valence-electron chi connectivity index (χ2n) is 5.04. The summed E-state index contributed by atoms with van der Waals surface area (Å²) in [7, 11) is 0. The van der Waals surface area contributed by atoms with Crippen LogP contribution in [0.2, 0.25) is 0 Å². The number of carbonyl (C=O) groups is 1. The molecule has 1 fully saturated rings. The van der Waals surface area contributed by atoms with Gasteiger partial charge in [-0.1, -0.05) is 24.6 Å². The van der Waals surface area contributed by atoms with E-state index < -0.39 is 0 Å². The molecule has 1 heterocycles. The summed E-state index contributed by atoms with van der Waals surface area (Å²) in [6.45, 7) is 6.32. The van der Waals surface area contributed by atoms with Crippen LogP contribution in [0.5, 0.6) is 0 Å². The largest absolute Gasteiger partial charge is 0.325 e. The predicted molar refractivity (Wildman–Crippen MR) is 60.0 cm³/mol. The molecule has 1 N–H and O–H groups in total. The smallest absolute Gasteiger partial charge is 0.235 e. The van der Waals surface area contributed by atoms with Crippen molar-refractivity contribution in [2.24, 2.45) is 5.92 Å². The van der Waals surface area contributed by atoms with Crippen molar-refractivity contribution in [2.45, 2.75) is 32.6 Å². The third kappa shape index (κ3) is 0.921. The van der Waals surface area contributed by atoms with E-state index in [0.29, 0.717) is 5.92 Å². The summed E-state index contributed by atoms with van der Waals surface area (Å²) in [4.78, 5) is 12.0. The van der Waals surface area contributed by atoms with Gasteiger partial charge in [-0.3, -0.25) is 4.79 Å². The zero-order valence-electron chi connectivity index (χ0n) is 9.35. The van der Waals surface area contributed by atoms with E-state index in [1.54, 1.807) is 0 Å². The van der Waals surface area contributed by atoms with Crippen LogP contribution in [0.1, 0.15) is 30.0 Å². The van der Waals surface area contributed by atoms with Gasteiger partial charge in [0.2, 0.25) is 5.91 Å². The van der Waals surface area contributed by atoms with Crippen LogP contribution in [-0.2, 0) is 10.2 Å². The topological polar surface area (TPSA) is 29.1 Å². The van der Waals surface area contributed by atoms with Gasteiger partial charge in [0.25, 0.3) is 0 Å². The maximum absolute atomic E-state index is 12.0. The number of hydrogen-bond donors (Lipinski definition) is 1. The summed E-state index contributed by atoms with van der Waals surface area (Å²) in [6.07, 6.45) is 1.01. The zero-order chi connectivity index (χ0) is 10.8. The fraction of sp³-hybridized carbons (Fsp3) is 0.462. The van der Waals surface area contributed by atoms with E-state index in [1.807, 2.05) is 0 Å². The van der Waals surface area contributed by atoms with Gasteiger partial charge >= 0.3 is 0 Å². The molecule has 2 aliphatic rings. The van der Waals surface area contributed by atoms with E-state index in [2.05, 4.69) is 38.2 Å². The van der Waals surface area contributed by atoms with E-state index in [4.69, 9.17) is 0 Å². The van der Waals surface area contributed by atoms with Crippen molar-refractivity contribution in [3.63, 3.8) is 0 Å². The zero-order valence-corrected chi connectivity index (χ0v) is 9.35. The first-order valence-corrected chi connectivity index (χ1v) is 5.49. The Kier molecular flexibility index (Phi) is 1.45. The van der Waals surface area contributed by atoms with E-state index in [-0.39, 0.29) is 11.3 Å². The summed E-state index contributed by atoms with van der Waals surface area (Å²) >= 11 is 0. The molecular weight excluding hydrogens is 186 g/mol. The fourth-order valence-electron chi connectivity index (χ4n) is 2.95. The molecule has 78 valence electrons. The molecule has 1 amide bonds. The molecule has 1 saturated carbocycles. The van der Waals surface area contributed by atoms with Gasteiger partial charge in [-0.25, -0.2) is 0 Å². The SMILES string of the molecule is Cc1cc(C)c2c(c1)C1(CC1C)C(=O)N2. The number of aryl methyl sites for hydroxylation is 2. The summed E-state index contributed by atoms with van der Waals surface area (Å²) in [5, 5.41) is 3.04. The third-order valence-electron chi connectivity index (χ3n) is 3.91. The summed E-state index contributed by atoms with van der Waals surface area (Å²) in [5.41, 5.74) is 4.56. The molecule has 1 spiro atoms. The number of fused-ring (bicyclic) bond motifs is 2. The van der Waals surface area contributed by atoms with Crippen LogP contribution in [0.25, 0.3) is 0 Å². The van der Waals surface area contributed by atoms with Crippen LogP contribution in [-0.4, -0.2) is 5.91 Å². The maximum Gasteiger partial charge on any atom is 0.235 e. The van der Waals surface area contributed by atoms with Crippen molar-refractivity contribution < 1.29 is 4.79 Å². The quantitative estimate of drug-likeness (QED) is 0.686. The first kappa shape index (κ1) is 8.96. The number of amides is 1. The highest BCUT2D eigenvalue weighted by atomic mass is 16.2. The molecule has 15 heavy (non-hydrogen) atoms. The normalized spacial score (nSPS) is 31.7. The van der Waals surface area contributed by atoms with Crippen molar-refractivity contribution >= 4 is 11.6 Å². The Morgan fingerprint density at radius 1 is 1.40 bits per heavy atom. The molecule has 2 atom stereocenters. The van der Waals surface area contributed by atoms with Crippen LogP contribution in [0.3, 0.4) is 0 Å². The van der Waals surface area contributed by atoms with Crippen molar-refractivity contribution in [2.75, 3.05) is 5.32 Å². The van der Waals surface area contributed by atoms with E-state index >= 15 is 0 Å². The lowest BCUT2D eigenvalue weighted by molar-refractivity contribution is -0.118. The molecule has 3 rings (SSSR count). The highest BCUT2D eigenvalue weighted by Gasteiger charge is 2.62. The number of nitrogens with one attached hydrogen (secondary N) is 1. The third-order valence-corrected chi connectivity index (χ3v) is 3.91. The van der Waals surface area contributed by atoms with Crippen molar-refractivity contribution in [3.05, 3.63) is 28.8 Å². The fourth-order valence-corrected chi connectivity index (χ4v) is 2.95. The lowest BCUT2D eigenvalue weighted by Crippen LogP contribution is -2.20. The Hall–Kier alpha value is -1.31. The lowest BCUT2D eigenvalue weighted by Gasteiger charge is -2.08. The summed E-state index contributed by atoms with van der Waals surface area (Å²) < 4.78 is 0. The lowest BCUT2D eigenvalue weighted by atomic mass is 9.92. The second-order valence-corrected chi connectivity index (χ2v) is 5.04. The number of anilines is 1. The minimum atomic E-state index is -0.174. The molecule has 0 saturated heterocycles. The molecule has 2 unspecified atom stereocenters. The van der Waals surface area contributed by atoms with E-state index in [0.717, 1.165) is 12.1 Å². The standard InChI is InChI=1S/C13H15NO/c1-7-4-8(2)11-10(5-7)13(6-9(13)3)12(15)14-11/h4-5,9H,6H2,1-3H3,(H,14,15). The van der Waals surface area contributed by atoms with Gasteiger partial charge in [0, 0.05) is 5.69 Å². The molecular formula is C13H15NO. The van der Waals surface area contributed by atoms with Gasteiger partial charge in [0.15, 0.2) is 0 Å². The predicted octanol–water partition coefficient (Wildman–Crippen LogP) is 2.53. The van der Waals surface area contributed by atoms with Gasteiger partial charge in [-0.2, -0.15) is 0 Å². The molecule has 2 nitrogen and oxygen atoms in total. The molecule has 1 aliphatic heterocycles. The van der Waals surface area contributed by atoms with Crippen LogP contribution in [0.15, 0.2) is 12.1 Å². The molecule has 1 aliphatic carbocycles. The number of benzene rings is 1. The van der Waals surface area contributed by atoms with E-state index in [9.17, 15) is 4.79 Å². The van der Waals surface area contributed by atoms with Crippen molar-refractivity contribution in [1.82, 2.24) is 0 Å². The number of hydrogen-bond acceptors (Lipinski definition) is 1. The number of carbonyl (C=O) groups excluding carboxylic acids is 1. The van der Waals surface area contributed by atoms with Crippen molar-refractivity contribution in [3.8, 4) is 0 Å². The molecule has 2 heteroatoms. The average molecular weight is 201 g/mol. The van der Waals surface area contributed by atoms with Gasteiger partial charge in [-0.15, -0.1) is 0 Å². The minimum absolute atomic E-state index is 0.174. The molecule has 1 aromatic rings. The highest BCUT2D eigenvalue weighted by Crippen LogP contribution is 2.60. The Balaban J connectivity index is 2.26. The van der Waals surface area contributed by atoms with Gasteiger partial charge in [0.1, 0.15) is 0 Å². The van der Waals surface area contributed by atoms with Crippen LogP contribution >= 0.6 is 0 Å². The Labute approximate surface area is 89.7 Å². The van der Waals surface area contributed by atoms with Crippen molar-refractivity contribution in [1.29, 1.82) is 0 Å². The molecule has 0 aromatic heterocycles. The summed E-state index contributed by atoms with van der Waals surface area (Å²) in [5.74, 6) is 0.707. The van der Waals surface area contributed by atoms with Gasteiger partial charge in [-0.05, 0) is 37.3 Å². The van der Waals surface area contributed by atoms with E-state index in [1.165, 1.54) is 16.7 Å². The maximum atomic E-state index is 12.0.